The molecule has 1 N–H and O–H groups in total. The zero-order chi connectivity index (χ0) is 16.1. The number of ether oxygens (including phenoxy) is 1. The molecule has 3 rings (SSSR count). The van der Waals surface area contributed by atoms with E-state index < -0.39 is 11.7 Å². The molecule has 0 aliphatic carbocycles. The van der Waals surface area contributed by atoms with E-state index in [4.69, 9.17) is 4.74 Å². The second-order valence-electron chi connectivity index (χ2n) is 7.36. The van der Waals surface area contributed by atoms with Crippen LogP contribution in [-0.2, 0) is 0 Å². The molecule has 0 radical (unpaired) electrons. The van der Waals surface area contributed by atoms with Crippen LogP contribution in [0.3, 0.4) is 0 Å². The first-order chi connectivity index (χ1) is 10.3. The molecule has 0 bridgehead atoms. The number of aryl methyl sites for hydroxylation is 1. The Bertz CT molecular complexity index is 562. The Morgan fingerprint density at radius 3 is 2.41 bits per heavy atom. The summed E-state index contributed by atoms with van der Waals surface area (Å²) in [4.78, 5) is 4.73. The largest absolute Gasteiger partial charge is 0.485 e. The predicted molar refractivity (Wildman–Crippen MR) is 88.4 cm³/mol. The van der Waals surface area contributed by atoms with Crippen LogP contribution in [0, 0.1) is 13.8 Å². The van der Waals surface area contributed by atoms with Crippen molar-refractivity contribution < 1.29 is 9.84 Å². The third kappa shape index (κ3) is 2.53. The lowest BCUT2D eigenvalue weighted by Gasteiger charge is -2.50. The highest BCUT2D eigenvalue weighted by atomic mass is 16.5. The zero-order valence-corrected chi connectivity index (χ0v) is 14.4. The Morgan fingerprint density at radius 2 is 1.77 bits per heavy atom. The van der Waals surface area contributed by atoms with Gasteiger partial charge in [-0.3, -0.25) is 4.90 Å². The van der Waals surface area contributed by atoms with Crippen LogP contribution >= 0.6 is 0 Å². The first kappa shape index (κ1) is 15.8. The van der Waals surface area contributed by atoms with E-state index in [0.717, 1.165) is 43.1 Å². The van der Waals surface area contributed by atoms with E-state index in [1.54, 1.807) is 0 Å². The van der Waals surface area contributed by atoms with Crippen molar-refractivity contribution in [3.05, 3.63) is 28.8 Å². The van der Waals surface area contributed by atoms with Gasteiger partial charge in [-0.25, -0.2) is 0 Å². The summed E-state index contributed by atoms with van der Waals surface area (Å²) < 4.78 is 6.38. The van der Waals surface area contributed by atoms with E-state index in [1.807, 2.05) is 6.07 Å². The molecule has 1 saturated heterocycles. The van der Waals surface area contributed by atoms with Crippen LogP contribution in [0.5, 0.6) is 5.75 Å². The molecule has 122 valence electrons. The fraction of sp³-hybridized carbons (Fsp3) is 0.667. The molecule has 0 amide bonds. The van der Waals surface area contributed by atoms with Crippen LogP contribution in [0.25, 0.3) is 0 Å². The summed E-state index contributed by atoms with van der Waals surface area (Å²) in [5, 5.41) is 11.1. The van der Waals surface area contributed by atoms with Gasteiger partial charge >= 0.3 is 0 Å². The molecule has 2 aliphatic heterocycles. The monoisotopic (exact) mass is 304 g/mol. The Balaban J connectivity index is 1.96. The van der Waals surface area contributed by atoms with Gasteiger partial charge in [-0.1, -0.05) is 12.1 Å². The van der Waals surface area contributed by atoms with Crippen molar-refractivity contribution in [2.75, 3.05) is 33.2 Å². The molecule has 0 aromatic heterocycles. The molecule has 1 fully saturated rings. The van der Waals surface area contributed by atoms with Gasteiger partial charge in [0, 0.05) is 31.7 Å². The molecule has 2 unspecified atom stereocenters. The van der Waals surface area contributed by atoms with E-state index in [1.165, 1.54) is 5.56 Å². The second-order valence-corrected chi connectivity index (χ2v) is 7.36. The van der Waals surface area contributed by atoms with Gasteiger partial charge in [-0.05, 0) is 45.9 Å². The van der Waals surface area contributed by atoms with Gasteiger partial charge in [0.1, 0.15) is 17.5 Å². The number of hydrogen-bond acceptors (Lipinski definition) is 4. The first-order valence-corrected chi connectivity index (χ1v) is 8.21. The van der Waals surface area contributed by atoms with Gasteiger partial charge in [0.2, 0.25) is 0 Å². The SMILES string of the molecule is Cc1ccc2c(c1C)OC(C)(C)C(N1CCN(C)CC1)C2O. The number of fused-ring (bicyclic) bond motifs is 1. The average molecular weight is 304 g/mol. The summed E-state index contributed by atoms with van der Waals surface area (Å²) in [5.74, 6) is 0.878. The van der Waals surface area contributed by atoms with Crippen molar-refractivity contribution in [2.45, 2.75) is 45.4 Å². The van der Waals surface area contributed by atoms with Crippen LogP contribution in [0.4, 0.5) is 0 Å². The normalized spacial score (nSPS) is 29.0. The lowest BCUT2D eigenvalue weighted by molar-refractivity contribution is -0.0922. The number of benzene rings is 1. The third-order valence-corrected chi connectivity index (χ3v) is 5.33. The maximum atomic E-state index is 11.1. The first-order valence-electron chi connectivity index (χ1n) is 8.21. The standard InChI is InChI=1S/C18H28N2O2/c1-12-6-7-14-15(21)17(20-10-8-19(5)9-11-20)18(3,4)22-16(14)13(12)2/h6-7,15,17,21H,8-11H2,1-5H3. The fourth-order valence-electron chi connectivity index (χ4n) is 3.79. The highest BCUT2D eigenvalue weighted by Gasteiger charge is 2.47. The molecular weight excluding hydrogens is 276 g/mol. The van der Waals surface area contributed by atoms with E-state index in [9.17, 15) is 5.11 Å². The van der Waals surface area contributed by atoms with Crippen molar-refractivity contribution in [2.24, 2.45) is 0 Å². The maximum Gasteiger partial charge on any atom is 0.129 e. The quantitative estimate of drug-likeness (QED) is 0.862. The number of rotatable bonds is 1. The van der Waals surface area contributed by atoms with Gasteiger partial charge < -0.3 is 14.7 Å². The van der Waals surface area contributed by atoms with Crippen LogP contribution in [0.15, 0.2) is 12.1 Å². The number of piperazine rings is 1. The summed E-state index contributed by atoms with van der Waals surface area (Å²) in [6, 6.07) is 4.11. The minimum Gasteiger partial charge on any atom is -0.485 e. The fourth-order valence-corrected chi connectivity index (χ4v) is 3.79. The second kappa shape index (κ2) is 5.52. The van der Waals surface area contributed by atoms with Gasteiger partial charge in [0.05, 0.1) is 6.04 Å². The average Bonchev–Trinajstić information content (AvgIpc) is 2.45. The molecule has 2 heterocycles. The van der Waals surface area contributed by atoms with Gasteiger partial charge in [-0.2, -0.15) is 0 Å². The summed E-state index contributed by atoms with van der Waals surface area (Å²) in [5.41, 5.74) is 2.88. The molecular formula is C18H28N2O2. The minimum atomic E-state index is -0.499. The Labute approximate surface area is 133 Å². The number of aliphatic hydroxyl groups is 1. The molecule has 1 aromatic carbocycles. The van der Waals surface area contributed by atoms with Crippen molar-refractivity contribution >= 4 is 0 Å². The number of nitrogens with zero attached hydrogens (tertiary/aromatic N) is 2. The van der Waals surface area contributed by atoms with Crippen molar-refractivity contribution in [1.82, 2.24) is 9.80 Å². The molecule has 4 heteroatoms. The summed E-state index contributed by atoms with van der Waals surface area (Å²) in [6.07, 6.45) is -0.499. The zero-order valence-electron chi connectivity index (χ0n) is 14.4. The molecule has 1 aromatic rings. The maximum absolute atomic E-state index is 11.1. The van der Waals surface area contributed by atoms with Crippen LogP contribution < -0.4 is 4.74 Å². The van der Waals surface area contributed by atoms with Crippen LogP contribution in [-0.4, -0.2) is 59.8 Å². The number of aliphatic hydroxyl groups excluding tert-OH is 1. The Morgan fingerprint density at radius 1 is 1.14 bits per heavy atom. The Hall–Kier alpha value is -1.10. The number of hydrogen-bond donors (Lipinski definition) is 1. The molecule has 2 atom stereocenters. The lowest BCUT2D eigenvalue weighted by atomic mass is 9.83. The summed E-state index contributed by atoms with van der Waals surface area (Å²) in [7, 11) is 2.15. The van der Waals surface area contributed by atoms with E-state index in [0.29, 0.717) is 0 Å². The Kier molecular flexibility index (Phi) is 3.96. The highest BCUT2D eigenvalue weighted by molar-refractivity contribution is 5.49. The van der Waals surface area contributed by atoms with E-state index in [-0.39, 0.29) is 6.04 Å². The molecule has 4 nitrogen and oxygen atoms in total. The topological polar surface area (TPSA) is 35.9 Å². The van der Waals surface area contributed by atoms with Gasteiger partial charge in [-0.15, -0.1) is 0 Å². The lowest BCUT2D eigenvalue weighted by Crippen LogP contribution is -2.61. The van der Waals surface area contributed by atoms with Gasteiger partial charge in [0.25, 0.3) is 0 Å². The van der Waals surface area contributed by atoms with Crippen LogP contribution in [0.2, 0.25) is 0 Å². The predicted octanol–water partition coefficient (Wildman–Crippen LogP) is 2.12. The van der Waals surface area contributed by atoms with Crippen molar-refractivity contribution in [3.8, 4) is 5.75 Å². The molecule has 22 heavy (non-hydrogen) atoms. The van der Waals surface area contributed by atoms with Crippen molar-refractivity contribution in [1.29, 1.82) is 0 Å². The summed E-state index contributed by atoms with van der Waals surface area (Å²) in [6.45, 7) is 12.4. The smallest absolute Gasteiger partial charge is 0.129 e. The third-order valence-electron chi connectivity index (χ3n) is 5.33. The minimum absolute atomic E-state index is 0.00388. The molecule has 0 spiro atoms. The molecule has 0 saturated carbocycles. The summed E-state index contributed by atoms with van der Waals surface area (Å²) >= 11 is 0. The van der Waals surface area contributed by atoms with E-state index in [2.05, 4.69) is 50.6 Å². The van der Waals surface area contributed by atoms with E-state index >= 15 is 0 Å². The highest BCUT2D eigenvalue weighted by Crippen LogP contribution is 2.44. The van der Waals surface area contributed by atoms with Crippen LogP contribution in [0.1, 0.15) is 36.6 Å². The number of likely N-dealkylation sites (N-methyl/N-ethyl adjacent to an activating group) is 1. The van der Waals surface area contributed by atoms with Crippen molar-refractivity contribution in [3.63, 3.8) is 0 Å². The molecule has 2 aliphatic rings. The van der Waals surface area contributed by atoms with Gasteiger partial charge in [0.15, 0.2) is 0 Å².